The Morgan fingerprint density at radius 2 is 2.15 bits per heavy atom. The van der Waals surface area contributed by atoms with Gasteiger partial charge in [-0.3, -0.25) is 4.79 Å². The van der Waals surface area contributed by atoms with Gasteiger partial charge in [0, 0.05) is 37.6 Å². The summed E-state index contributed by atoms with van der Waals surface area (Å²) in [6.45, 7) is 2.42. The fourth-order valence-corrected chi connectivity index (χ4v) is 3.05. The molecule has 0 saturated carbocycles. The summed E-state index contributed by atoms with van der Waals surface area (Å²) in [4.78, 5) is 27.2. The van der Waals surface area contributed by atoms with Crippen LogP contribution < -0.4 is 4.74 Å². The van der Waals surface area contributed by atoms with Crippen LogP contribution in [-0.4, -0.2) is 48.1 Å². The highest BCUT2D eigenvalue weighted by atomic mass is 16.5. The van der Waals surface area contributed by atoms with Gasteiger partial charge in [0.25, 0.3) is 5.91 Å². The zero-order chi connectivity index (χ0) is 18.1. The van der Waals surface area contributed by atoms with Crippen LogP contribution in [0.5, 0.6) is 6.01 Å². The molecule has 1 amide bonds. The van der Waals surface area contributed by atoms with Crippen molar-refractivity contribution in [2.75, 3.05) is 6.61 Å². The maximum absolute atomic E-state index is 12.9. The Hall–Kier alpha value is -3.23. The second-order valence-corrected chi connectivity index (χ2v) is 6.21. The molecule has 0 fully saturated rings. The Balaban J connectivity index is 1.59. The van der Waals surface area contributed by atoms with E-state index in [4.69, 9.17) is 9.26 Å². The van der Waals surface area contributed by atoms with Gasteiger partial charge in [0.05, 0.1) is 24.6 Å². The summed E-state index contributed by atoms with van der Waals surface area (Å²) in [6.07, 6.45) is 5.62. The smallest absolute Gasteiger partial charge is 0.316 e. The van der Waals surface area contributed by atoms with Gasteiger partial charge in [0.2, 0.25) is 0 Å². The largest absolute Gasteiger partial charge is 0.461 e. The quantitative estimate of drug-likeness (QED) is 0.693. The molecule has 3 aromatic heterocycles. The van der Waals surface area contributed by atoms with Crippen LogP contribution in [0.15, 0.2) is 35.4 Å². The van der Waals surface area contributed by atoms with Gasteiger partial charge in [0.15, 0.2) is 5.69 Å². The Kier molecular flexibility index (Phi) is 4.11. The van der Waals surface area contributed by atoms with Crippen LogP contribution in [0.25, 0.3) is 0 Å². The highest BCUT2D eigenvalue weighted by molar-refractivity contribution is 5.92. The molecule has 0 radical (unpaired) electrons. The predicted molar refractivity (Wildman–Crippen MR) is 89.3 cm³/mol. The minimum atomic E-state index is -0.208. The minimum absolute atomic E-state index is 0.189. The first-order valence-electron chi connectivity index (χ1n) is 8.25. The number of carbonyl (C=O) groups is 1. The average molecular weight is 354 g/mol. The first-order chi connectivity index (χ1) is 12.6. The molecule has 0 aliphatic carbocycles. The van der Waals surface area contributed by atoms with E-state index in [1.807, 2.05) is 11.6 Å². The van der Waals surface area contributed by atoms with Crippen molar-refractivity contribution >= 4 is 5.91 Å². The predicted octanol–water partition coefficient (Wildman–Crippen LogP) is 1.15. The molecule has 0 aromatic carbocycles. The van der Waals surface area contributed by atoms with E-state index >= 15 is 0 Å². The van der Waals surface area contributed by atoms with Crippen molar-refractivity contribution in [3.8, 4) is 6.01 Å². The summed E-state index contributed by atoms with van der Waals surface area (Å²) in [5.41, 5.74) is 2.25. The second-order valence-electron chi connectivity index (χ2n) is 6.21. The van der Waals surface area contributed by atoms with Crippen molar-refractivity contribution in [3.63, 3.8) is 0 Å². The summed E-state index contributed by atoms with van der Waals surface area (Å²) in [5.74, 6) is 0.384. The van der Waals surface area contributed by atoms with Crippen LogP contribution in [0.2, 0.25) is 0 Å². The van der Waals surface area contributed by atoms with Gasteiger partial charge in [-0.15, -0.1) is 0 Å². The third-order valence-electron chi connectivity index (χ3n) is 4.39. The third-order valence-corrected chi connectivity index (χ3v) is 4.39. The topological polar surface area (TPSA) is 99.2 Å². The number of carbonyl (C=O) groups excluding carboxylic acids is 1. The van der Waals surface area contributed by atoms with Crippen molar-refractivity contribution in [1.29, 1.82) is 0 Å². The minimum Gasteiger partial charge on any atom is -0.461 e. The molecule has 0 saturated heterocycles. The summed E-state index contributed by atoms with van der Waals surface area (Å²) < 4.78 is 12.7. The highest BCUT2D eigenvalue weighted by Gasteiger charge is 2.34. The van der Waals surface area contributed by atoms with Gasteiger partial charge in [-0.25, -0.2) is 15.0 Å². The van der Waals surface area contributed by atoms with Gasteiger partial charge >= 0.3 is 6.01 Å². The highest BCUT2D eigenvalue weighted by Crippen LogP contribution is 2.24. The van der Waals surface area contributed by atoms with Gasteiger partial charge in [-0.1, -0.05) is 5.16 Å². The Morgan fingerprint density at radius 3 is 2.88 bits per heavy atom. The van der Waals surface area contributed by atoms with Crippen LogP contribution in [0.4, 0.5) is 0 Å². The van der Waals surface area contributed by atoms with E-state index in [0.717, 1.165) is 11.4 Å². The number of nitrogens with zero attached hydrogens (tertiary/aromatic N) is 6. The van der Waals surface area contributed by atoms with Crippen LogP contribution in [-0.2, 0) is 20.0 Å². The number of fused-ring (bicyclic) bond motifs is 1. The van der Waals surface area contributed by atoms with Crippen LogP contribution in [0, 0.1) is 6.92 Å². The first-order valence-corrected chi connectivity index (χ1v) is 8.25. The number of rotatable bonds is 4. The monoisotopic (exact) mass is 354 g/mol. The lowest BCUT2D eigenvalue weighted by Gasteiger charge is -2.34. The van der Waals surface area contributed by atoms with E-state index in [1.165, 1.54) is 0 Å². The number of hydrogen-bond acceptors (Lipinski definition) is 7. The molecule has 134 valence electrons. The maximum atomic E-state index is 12.9. The van der Waals surface area contributed by atoms with Gasteiger partial charge in [-0.05, 0) is 13.0 Å². The molecular formula is C17H18N6O3. The van der Waals surface area contributed by atoms with E-state index in [1.54, 1.807) is 42.7 Å². The van der Waals surface area contributed by atoms with Crippen LogP contribution >= 0.6 is 0 Å². The normalized spacial score (nSPS) is 16.4. The van der Waals surface area contributed by atoms with Crippen LogP contribution in [0.3, 0.4) is 0 Å². The molecule has 1 aliphatic rings. The summed E-state index contributed by atoms with van der Waals surface area (Å²) in [5, 5.41) is 3.85. The Morgan fingerprint density at radius 1 is 1.35 bits per heavy atom. The summed E-state index contributed by atoms with van der Waals surface area (Å²) in [7, 11) is 1.95. The lowest BCUT2D eigenvalue weighted by atomic mass is 10.0. The molecular weight excluding hydrogens is 336 g/mol. The molecule has 1 aliphatic heterocycles. The van der Waals surface area contributed by atoms with Crippen molar-refractivity contribution in [1.82, 2.24) is 29.6 Å². The standard InChI is InChI=1S/C17H18N6O3/c1-11-6-13(21-26-11)16(24)23-8-14-15(22(2)10-20-14)7-12(23)9-25-17-18-4-3-5-19-17/h3-6,10,12H,7-9H2,1-2H3/t12-/m1/s1. The molecule has 3 aromatic rings. The van der Waals surface area contributed by atoms with Gasteiger partial charge < -0.3 is 18.7 Å². The van der Waals surface area contributed by atoms with Gasteiger partial charge in [-0.2, -0.15) is 0 Å². The zero-order valence-corrected chi connectivity index (χ0v) is 14.5. The van der Waals surface area contributed by atoms with E-state index in [2.05, 4.69) is 20.1 Å². The number of amides is 1. The molecule has 4 heterocycles. The zero-order valence-electron chi connectivity index (χ0n) is 14.5. The number of aromatic nitrogens is 5. The Labute approximate surface area is 149 Å². The number of aryl methyl sites for hydroxylation is 2. The van der Waals surface area contributed by atoms with Crippen molar-refractivity contribution in [3.05, 3.63) is 53.7 Å². The number of imidazole rings is 1. The van der Waals surface area contributed by atoms with Crippen molar-refractivity contribution < 1.29 is 14.1 Å². The van der Waals surface area contributed by atoms with Crippen LogP contribution in [0.1, 0.15) is 27.6 Å². The lowest BCUT2D eigenvalue weighted by Crippen LogP contribution is -2.48. The number of hydrogen-bond donors (Lipinski definition) is 0. The SMILES string of the molecule is Cc1cc(C(=O)N2Cc3ncn(C)c3C[C@@H]2COc2ncccn2)no1. The molecule has 4 rings (SSSR count). The van der Waals surface area contributed by atoms with E-state index < -0.39 is 0 Å². The molecule has 0 spiro atoms. The maximum Gasteiger partial charge on any atom is 0.316 e. The second kappa shape index (κ2) is 6.58. The third kappa shape index (κ3) is 3.03. The fourth-order valence-electron chi connectivity index (χ4n) is 3.05. The number of ether oxygens (including phenoxy) is 1. The molecule has 0 unspecified atom stereocenters. The molecule has 0 N–H and O–H groups in total. The first kappa shape index (κ1) is 16.2. The molecule has 9 heteroatoms. The van der Waals surface area contributed by atoms with E-state index in [0.29, 0.717) is 18.7 Å². The van der Waals surface area contributed by atoms with E-state index in [-0.39, 0.29) is 30.3 Å². The summed E-state index contributed by atoms with van der Waals surface area (Å²) >= 11 is 0. The van der Waals surface area contributed by atoms with E-state index in [9.17, 15) is 4.79 Å². The van der Waals surface area contributed by atoms with Crippen molar-refractivity contribution in [2.24, 2.45) is 7.05 Å². The Bertz CT molecular complexity index is 920. The molecule has 26 heavy (non-hydrogen) atoms. The molecule has 0 bridgehead atoms. The molecule has 1 atom stereocenters. The van der Waals surface area contributed by atoms with Gasteiger partial charge in [0.1, 0.15) is 12.4 Å². The van der Waals surface area contributed by atoms with Crippen molar-refractivity contribution in [2.45, 2.75) is 25.9 Å². The molecule has 9 nitrogen and oxygen atoms in total. The average Bonchev–Trinajstić information content (AvgIpc) is 3.25. The summed E-state index contributed by atoms with van der Waals surface area (Å²) in [6, 6.07) is 3.45. The fraction of sp³-hybridized carbons (Fsp3) is 0.353. The lowest BCUT2D eigenvalue weighted by molar-refractivity contribution is 0.0540.